The van der Waals surface area contributed by atoms with Gasteiger partial charge in [0.05, 0.1) is 18.1 Å². The van der Waals surface area contributed by atoms with Crippen molar-refractivity contribution < 1.29 is 28.2 Å². The van der Waals surface area contributed by atoms with Crippen LogP contribution < -0.4 is 14.8 Å². The van der Waals surface area contributed by atoms with Crippen molar-refractivity contribution in [1.82, 2.24) is 4.90 Å². The predicted octanol–water partition coefficient (Wildman–Crippen LogP) is 4.30. The van der Waals surface area contributed by atoms with Crippen molar-refractivity contribution in [2.24, 2.45) is 0 Å². The average molecular weight is 444 g/mol. The lowest BCUT2D eigenvalue weighted by Crippen LogP contribution is -2.36. The molecule has 1 fully saturated rings. The Labute approximate surface area is 183 Å². The molecule has 0 bridgehead atoms. The van der Waals surface area contributed by atoms with Crippen LogP contribution in [0.3, 0.4) is 0 Å². The van der Waals surface area contributed by atoms with Crippen molar-refractivity contribution >= 4 is 40.6 Å². The molecule has 1 N–H and O–H groups in total. The fraction of sp³-hybridized carbons (Fsp3) is 0.227. The van der Waals surface area contributed by atoms with E-state index in [-0.39, 0.29) is 16.7 Å². The van der Waals surface area contributed by atoms with Crippen molar-refractivity contribution in [2.45, 2.75) is 20.0 Å². The van der Waals surface area contributed by atoms with E-state index in [4.69, 9.17) is 9.47 Å². The zero-order valence-corrected chi connectivity index (χ0v) is 18.0. The van der Waals surface area contributed by atoms with Gasteiger partial charge in [-0.25, -0.2) is 4.39 Å². The molecule has 0 aromatic heterocycles. The van der Waals surface area contributed by atoms with Crippen LogP contribution in [0, 0.1) is 5.82 Å². The second kappa shape index (κ2) is 9.65. The van der Waals surface area contributed by atoms with Gasteiger partial charge in [0.1, 0.15) is 12.4 Å². The van der Waals surface area contributed by atoms with Crippen molar-refractivity contribution in [3.8, 4) is 11.5 Å². The van der Waals surface area contributed by atoms with E-state index in [1.807, 2.05) is 13.8 Å². The number of imide groups is 1. The maximum atomic E-state index is 13.3. The van der Waals surface area contributed by atoms with E-state index < -0.39 is 29.4 Å². The third kappa shape index (κ3) is 5.43. The summed E-state index contributed by atoms with van der Waals surface area (Å²) in [4.78, 5) is 38.3. The van der Waals surface area contributed by atoms with E-state index in [0.717, 1.165) is 22.7 Å². The summed E-state index contributed by atoms with van der Waals surface area (Å²) in [6.45, 7) is 3.24. The number of anilines is 1. The first-order valence-electron chi connectivity index (χ1n) is 9.43. The van der Waals surface area contributed by atoms with Crippen LogP contribution in [-0.2, 0) is 9.59 Å². The number of halogens is 1. The number of benzene rings is 2. The number of rotatable bonds is 7. The van der Waals surface area contributed by atoms with E-state index in [1.165, 1.54) is 31.4 Å². The highest BCUT2D eigenvalue weighted by molar-refractivity contribution is 8.18. The fourth-order valence-corrected chi connectivity index (χ4v) is 3.69. The summed E-state index contributed by atoms with van der Waals surface area (Å²) in [5.41, 5.74) is 0.808. The van der Waals surface area contributed by atoms with E-state index in [1.54, 1.807) is 18.2 Å². The van der Waals surface area contributed by atoms with Gasteiger partial charge in [0, 0.05) is 11.3 Å². The summed E-state index contributed by atoms with van der Waals surface area (Å²) >= 11 is 0.731. The molecule has 2 aromatic carbocycles. The highest BCUT2D eigenvalue weighted by Crippen LogP contribution is 2.37. The molecule has 3 rings (SSSR count). The Hall–Kier alpha value is -3.33. The molecule has 9 heteroatoms. The first kappa shape index (κ1) is 22.4. The van der Waals surface area contributed by atoms with Crippen LogP contribution >= 0.6 is 11.8 Å². The zero-order valence-electron chi connectivity index (χ0n) is 17.2. The number of thioether (sulfide) groups is 1. The third-order valence-electron chi connectivity index (χ3n) is 4.15. The minimum atomic E-state index is -0.612. The van der Waals surface area contributed by atoms with Gasteiger partial charge in [-0.15, -0.1) is 0 Å². The number of hydrogen-bond acceptors (Lipinski definition) is 6. The average Bonchev–Trinajstić information content (AvgIpc) is 2.96. The summed E-state index contributed by atoms with van der Waals surface area (Å²) in [5.74, 6) is -0.765. The number of para-hydroxylation sites is 1. The number of amides is 3. The van der Waals surface area contributed by atoms with Gasteiger partial charge < -0.3 is 14.8 Å². The van der Waals surface area contributed by atoms with Crippen LogP contribution in [0.4, 0.5) is 14.9 Å². The molecule has 3 amide bonds. The molecule has 31 heavy (non-hydrogen) atoms. The van der Waals surface area contributed by atoms with Gasteiger partial charge in [0.25, 0.3) is 11.1 Å². The van der Waals surface area contributed by atoms with Crippen LogP contribution in [0.5, 0.6) is 11.5 Å². The maximum Gasteiger partial charge on any atom is 0.294 e. The SMILES string of the molecule is COc1cccc(/C=C2/SC(=O)N(CC(=O)Nc3cccc(F)c3)C2=O)c1OC(C)C. The molecule has 1 saturated heterocycles. The molecule has 0 saturated carbocycles. The summed E-state index contributed by atoms with van der Waals surface area (Å²) in [6, 6.07) is 10.6. The Kier molecular flexibility index (Phi) is 6.96. The molecule has 1 aliphatic rings. The van der Waals surface area contributed by atoms with Crippen molar-refractivity contribution in [2.75, 3.05) is 19.0 Å². The third-order valence-corrected chi connectivity index (χ3v) is 5.06. The highest BCUT2D eigenvalue weighted by atomic mass is 32.2. The number of hydrogen-bond donors (Lipinski definition) is 1. The number of nitrogens with one attached hydrogen (secondary N) is 1. The first-order chi connectivity index (χ1) is 14.8. The zero-order chi connectivity index (χ0) is 22.5. The lowest BCUT2D eigenvalue weighted by molar-refractivity contribution is -0.127. The second-order valence-corrected chi connectivity index (χ2v) is 7.86. The summed E-state index contributed by atoms with van der Waals surface area (Å²) in [7, 11) is 1.51. The fourth-order valence-electron chi connectivity index (χ4n) is 2.86. The molecule has 0 aliphatic carbocycles. The van der Waals surface area contributed by atoms with Crippen molar-refractivity contribution in [3.63, 3.8) is 0 Å². The van der Waals surface area contributed by atoms with Gasteiger partial charge in [0.15, 0.2) is 11.5 Å². The maximum absolute atomic E-state index is 13.3. The lowest BCUT2D eigenvalue weighted by Gasteiger charge is -2.16. The van der Waals surface area contributed by atoms with Crippen LogP contribution in [0.25, 0.3) is 6.08 Å². The Morgan fingerprint density at radius 3 is 2.65 bits per heavy atom. The van der Waals surface area contributed by atoms with Gasteiger partial charge in [-0.3, -0.25) is 19.3 Å². The molecule has 0 unspecified atom stereocenters. The Balaban J connectivity index is 1.78. The van der Waals surface area contributed by atoms with E-state index in [0.29, 0.717) is 17.1 Å². The van der Waals surface area contributed by atoms with Crippen LogP contribution in [-0.4, -0.2) is 41.7 Å². The van der Waals surface area contributed by atoms with E-state index in [2.05, 4.69) is 5.32 Å². The first-order valence-corrected chi connectivity index (χ1v) is 10.2. The molecule has 0 radical (unpaired) electrons. The molecule has 2 aromatic rings. The number of ether oxygens (including phenoxy) is 2. The minimum absolute atomic E-state index is 0.134. The number of methoxy groups -OCH3 is 1. The minimum Gasteiger partial charge on any atom is -0.493 e. The van der Waals surface area contributed by atoms with Crippen LogP contribution in [0.1, 0.15) is 19.4 Å². The number of carbonyl (C=O) groups excluding carboxylic acids is 3. The molecule has 7 nitrogen and oxygen atoms in total. The van der Waals surface area contributed by atoms with E-state index >= 15 is 0 Å². The second-order valence-electron chi connectivity index (χ2n) is 6.87. The monoisotopic (exact) mass is 444 g/mol. The summed E-state index contributed by atoms with van der Waals surface area (Å²) in [6.07, 6.45) is 1.40. The molecule has 0 spiro atoms. The van der Waals surface area contributed by atoms with Crippen LogP contribution in [0.2, 0.25) is 0 Å². The molecular weight excluding hydrogens is 423 g/mol. The van der Waals surface area contributed by atoms with Crippen molar-refractivity contribution in [1.29, 1.82) is 0 Å². The predicted molar refractivity (Wildman–Crippen MR) is 116 cm³/mol. The Bertz CT molecular complexity index is 1050. The Morgan fingerprint density at radius 2 is 1.97 bits per heavy atom. The van der Waals surface area contributed by atoms with Crippen molar-refractivity contribution in [3.05, 3.63) is 58.8 Å². The molecule has 1 aliphatic heterocycles. The van der Waals surface area contributed by atoms with Gasteiger partial charge in [0.2, 0.25) is 5.91 Å². The lowest BCUT2D eigenvalue weighted by atomic mass is 10.1. The number of nitrogens with zero attached hydrogens (tertiary/aromatic N) is 1. The topological polar surface area (TPSA) is 84.9 Å². The van der Waals surface area contributed by atoms with Crippen LogP contribution in [0.15, 0.2) is 47.4 Å². The normalized spacial score (nSPS) is 15.0. The summed E-state index contributed by atoms with van der Waals surface area (Å²) in [5, 5.41) is 1.90. The van der Waals surface area contributed by atoms with Gasteiger partial charge in [-0.05, 0) is 56.0 Å². The van der Waals surface area contributed by atoms with Gasteiger partial charge in [-0.1, -0.05) is 18.2 Å². The Morgan fingerprint density at radius 1 is 1.23 bits per heavy atom. The highest BCUT2D eigenvalue weighted by Gasteiger charge is 2.36. The standard InChI is InChI=1S/C22H21FN2O5S/c1-13(2)30-20-14(6-4-9-17(20)29-3)10-18-21(27)25(22(28)31-18)12-19(26)24-16-8-5-7-15(23)11-16/h4-11,13H,12H2,1-3H3,(H,24,26)/b18-10+. The van der Waals surface area contributed by atoms with Gasteiger partial charge >= 0.3 is 0 Å². The molecule has 0 atom stereocenters. The quantitative estimate of drug-likeness (QED) is 0.641. The smallest absolute Gasteiger partial charge is 0.294 e. The molecule has 1 heterocycles. The van der Waals surface area contributed by atoms with E-state index in [9.17, 15) is 18.8 Å². The number of carbonyl (C=O) groups is 3. The molecular formula is C22H21FN2O5S. The largest absolute Gasteiger partial charge is 0.493 e. The summed E-state index contributed by atoms with van der Waals surface area (Å²) < 4.78 is 24.4. The van der Waals surface area contributed by atoms with Gasteiger partial charge in [-0.2, -0.15) is 0 Å². The molecule has 162 valence electrons.